The first kappa shape index (κ1) is 10.5. The molecule has 0 amide bonds. The summed E-state index contributed by atoms with van der Waals surface area (Å²) in [6.07, 6.45) is 3.66. The molecule has 2 aromatic heterocycles. The Hall–Kier alpha value is -1.68. The van der Waals surface area contributed by atoms with Crippen molar-refractivity contribution < 1.29 is 4.42 Å². The Labute approximate surface area is 100 Å². The Balaban J connectivity index is 1.93. The van der Waals surface area contributed by atoms with Crippen molar-refractivity contribution >= 4 is 0 Å². The van der Waals surface area contributed by atoms with Crippen LogP contribution in [0.15, 0.2) is 28.8 Å². The third-order valence-corrected chi connectivity index (χ3v) is 3.11. The average molecular weight is 229 g/mol. The minimum Gasteiger partial charge on any atom is -0.440 e. The minimum atomic E-state index is 0.653. The van der Waals surface area contributed by atoms with E-state index in [0.717, 1.165) is 43.1 Å². The van der Waals surface area contributed by atoms with Crippen molar-refractivity contribution in [1.82, 2.24) is 14.9 Å². The van der Waals surface area contributed by atoms with Gasteiger partial charge in [0, 0.05) is 32.1 Å². The molecule has 4 nitrogen and oxygen atoms in total. The van der Waals surface area contributed by atoms with E-state index >= 15 is 0 Å². The van der Waals surface area contributed by atoms with E-state index < -0.39 is 0 Å². The van der Waals surface area contributed by atoms with Gasteiger partial charge in [0.2, 0.25) is 5.89 Å². The van der Waals surface area contributed by atoms with Crippen LogP contribution < -0.4 is 0 Å². The Morgan fingerprint density at radius 3 is 2.94 bits per heavy atom. The van der Waals surface area contributed by atoms with Gasteiger partial charge in [0.05, 0.1) is 5.69 Å². The second-order valence-electron chi connectivity index (χ2n) is 4.41. The molecule has 0 aliphatic carbocycles. The molecular weight excluding hydrogens is 214 g/mol. The number of pyridine rings is 1. The number of oxazole rings is 1. The fourth-order valence-corrected chi connectivity index (χ4v) is 2.07. The van der Waals surface area contributed by atoms with Crippen LogP contribution in [-0.2, 0) is 12.8 Å². The van der Waals surface area contributed by atoms with Crippen LogP contribution in [0.25, 0.3) is 11.6 Å². The highest BCUT2D eigenvalue weighted by Crippen LogP contribution is 2.22. The summed E-state index contributed by atoms with van der Waals surface area (Å²) >= 11 is 0. The molecule has 0 saturated heterocycles. The van der Waals surface area contributed by atoms with E-state index in [1.165, 1.54) is 0 Å². The fourth-order valence-electron chi connectivity index (χ4n) is 2.07. The van der Waals surface area contributed by atoms with Gasteiger partial charge in [-0.3, -0.25) is 4.98 Å². The van der Waals surface area contributed by atoms with E-state index in [-0.39, 0.29) is 0 Å². The van der Waals surface area contributed by atoms with E-state index in [2.05, 4.69) is 21.9 Å². The van der Waals surface area contributed by atoms with Crippen molar-refractivity contribution in [3.8, 4) is 11.6 Å². The molecule has 1 aliphatic heterocycles. The van der Waals surface area contributed by atoms with E-state index in [1.54, 1.807) is 6.20 Å². The molecular formula is C13H15N3O. The predicted molar refractivity (Wildman–Crippen MR) is 64.6 cm³/mol. The summed E-state index contributed by atoms with van der Waals surface area (Å²) in [5, 5.41) is 0. The first-order valence-electron chi connectivity index (χ1n) is 5.91. The van der Waals surface area contributed by atoms with Gasteiger partial charge in [-0.1, -0.05) is 6.07 Å². The van der Waals surface area contributed by atoms with Crippen LogP contribution in [0, 0.1) is 0 Å². The molecule has 0 N–H and O–H groups in total. The van der Waals surface area contributed by atoms with Crippen LogP contribution in [0.2, 0.25) is 0 Å². The Kier molecular flexibility index (Phi) is 2.65. The monoisotopic (exact) mass is 229 g/mol. The highest BCUT2D eigenvalue weighted by Gasteiger charge is 2.18. The van der Waals surface area contributed by atoms with Gasteiger partial charge in [0.25, 0.3) is 0 Å². The number of nitrogens with zero attached hydrogens (tertiary/aromatic N) is 3. The molecule has 0 unspecified atom stereocenters. The van der Waals surface area contributed by atoms with Crippen LogP contribution in [0.1, 0.15) is 11.5 Å². The first-order chi connectivity index (χ1) is 8.33. The lowest BCUT2D eigenvalue weighted by atomic mass is 10.2. The Morgan fingerprint density at radius 1 is 1.24 bits per heavy atom. The highest BCUT2D eigenvalue weighted by atomic mass is 16.4. The van der Waals surface area contributed by atoms with E-state index in [9.17, 15) is 0 Å². The third kappa shape index (κ3) is 2.08. The zero-order valence-corrected chi connectivity index (χ0v) is 9.89. The fraction of sp³-hybridized carbons (Fsp3) is 0.385. The molecule has 3 heterocycles. The summed E-state index contributed by atoms with van der Waals surface area (Å²) in [7, 11) is 2.13. The summed E-state index contributed by atoms with van der Waals surface area (Å²) in [5.74, 6) is 1.68. The minimum absolute atomic E-state index is 0.653. The lowest BCUT2D eigenvalue weighted by Crippen LogP contribution is -2.21. The quantitative estimate of drug-likeness (QED) is 0.747. The molecule has 4 heteroatoms. The summed E-state index contributed by atoms with van der Waals surface area (Å²) in [4.78, 5) is 11.1. The first-order valence-corrected chi connectivity index (χ1v) is 5.91. The van der Waals surface area contributed by atoms with Gasteiger partial charge in [-0.25, -0.2) is 4.98 Å². The van der Waals surface area contributed by atoms with Gasteiger partial charge in [-0.2, -0.15) is 0 Å². The second-order valence-corrected chi connectivity index (χ2v) is 4.41. The van der Waals surface area contributed by atoms with Crippen molar-refractivity contribution in [1.29, 1.82) is 0 Å². The largest absolute Gasteiger partial charge is 0.440 e. The number of hydrogen-bond donors (Lipinski definition) is 0. The van der Waals surface area contributed by atoms with Gasteiger partial charge in [-0.15, -0.1) is 0 Å². The molecule has 0 aromatic carbocycles. The highest BCUT2D eigenvalue weighted by molar-refractivity contribution is 5.47. The molecule has 17 heavy (non-hydrogen) atoms. The molecule has 3 rings (SSSR count). The van der Waals surface area contributed by atoms with Gasteiger partial charge in [0.1, 0.15) is 11.5 Å². The lowest BCUT2D eigenvalue weighted by Gasteiger charge is -2.10. The van der Waals surface area contributed by atoms with Crippen LogP contribution in [0.3, 0.4) is 0 Å². The molecule has 1 aliphatic rings. The molecule has 0 saturated carbocycles. The van der Waals surface area contributed by atoms with Gasteiger partial charge in [0.15, 0.2) is 0 Å². The van der Waals surface area contributed by atoms with Crippen LogP contribution in [-0.4, -0.2) is 35.0 Å². The normalized spacial score (nSPS) is 16.5. The van der Waals surface area contributed by atoms with Gasteiger partial charge < -0.3 is 9.32 Å². The van der Waals surface area contributed by atoms with E-state index in [1.807, 2.05) is 18.2 Å². The number of fused-ring (bicyclic) bond motifs is 1. The molecule has 0 atom stereocenters. The SMILES string of the molecule is CN1CCc2nc(-c3ccccn3)oc2CC1. The Morgan fingerprint density at radius 2 is 2.12 bits per heavy atom. The van der Waals surface area contributed by atoms with E-state index in [0.29, 0.717) is 5.89 Å². The van der Waals surface area contributed by atoms with Crippen LogP contribution >= 0.6 is 0 Å². The number of rotatable bonds is 1. The predicted octanol–water partition coefficient (Wildman–Crippen LogP) is 1.77. The summed E-state index contributed by atoms with van der Waals surface area (Å²) < 4.78 is 5.82. The average Bonchev–Trinajstić information content (AvgIpc) is 2.71. The van der Waals surface area contributed by atoms with Crippen molar-refractivity contribution in [2.75, 3.05) is 20.1 Å². The number of aromatic nitrogens is 2. The molecule has 0 bridgehead atoms. The zero-order chi connectivity index (χ0) is 11.7. The molecule has 88 valence electrons. The lowest BCUT2D eigenvalue weighted by molar-refractivity contribution is 0.344. The number of likely N-dealkylation sites (N-methyl/N-ethyl adjacent to an activating group) is 1. The maximum atomic E-state index is 5.82. The van der Waals surface area contributed by atoms with E-state index in [4.69, 9.17) is 4.42 Å². The standard InChI is InChI=1S/C13H15N3O/c1-16-8-5-10-12(6-9-16)17-13(15-10)11-4-2-3-7-14-11/h2-4,7H,5-6,8-9H2,1H3. The second kappa shape index (κ2) is 4.30. The molecule has 0 fully saturated rings. The third-order valence-electron chi connectivity index (χ3n) is 3.11. The van der Waals surface area contributed by atoms with Gasteiger partial charge >= 0.3 is 0 Å². The zero-order valence-electron chi connectivity index (χ0n) is 9.89. The molecule has 2 aromatic rings. The maximum absolute atomic E-state index is 5.82. The van der Waals surface area contributed by atoms with Crippen molar-refractivity contribution in [2.24, 2.45) is 0 Å². The van der Waals surface area contributed by atoms with Crippen molar-refractivity contribution in [3.63, 3.8) is 0 Å². The molecule has 0 spiro atoms. The maximum Gasteiger partial charge on any atom is 0.245 e. The summed E-state index contributed by atoms with van der Waals surface area (Å²) in [5.41, 5.74) is 1.91. The Bertz CT molecular complexity index is 481. The summed E-state index contributed by atoms with van der Waals surface area (Å²) in [6, 6.07) is 5.77. The van der Waals surface area contributed by atoms with Crippen molar-refractivity contribution in [3.05, 3.63) is 35.9 Å². The topological polar surface area (TPSA) is 42.2 Å². The smallest absolute Gasteiger partial charge is 0.245 e. The van der Waals surface area contributed by atoms with Crippen LogP contribution in [0.5, 0.6) is 0 Å². The van der Waals surface area contributed by atoms with Gasteiger partial charge in [-0.05, 0) is 19.2 Å². The molecule has 0 radical (unpaired) electrons. The summed E-state index contributed by atoms with van der Waals surface area (Å²) in [6.45, 7) is 2.07. The number of hydrogen-bond acceptors (Lipinski definition) is 4. The van der Waals surface area contributed by atoms with Crippen molar-refractivity contribution in [2.45, 2.75) is 12.8 Å². The van der Waals surface area contributed by atoms with Crippen LogP contribution in [0.4, 0.5) is 0 Å².